The van der Waals surface area contributed by atoms with Crippen LogP contribution in [0, 0.1) is 0 Å². The molecule has 1 aliphatic heterocycles. The molecule has 1 amide bonds. The standard InChI is InChI=1S/C12H14N2O/c1-2-9(12(13)15)10-5-3-4-8-6-14-7-11(8)10/h2-5,14H,6-7H2,1H3,(H2,13,15). The molecular formula is C12H14N2O. The summed E-state index contributed by atoms with van der Waals surface area (Å²) in [4.78, 5) is 11.3. The Morgan fingerprint density at radius 2 is 2.27 bits per heavy atom. The lowest BCUT2D eigenvalue weighted by Gasteiger charge is -2.08. The molecule has 0 saturated heterocycles. The molecule has 0 unspecified atom stereocenters. The molecule has 0 aliphatic carbocycles. The third-order valence-electron chi connectivity index (χ3n) is 2.73. The largest absolute Gasteiger partial charge is 0.366 e. The highest BCUT2D eigenvalue weighted by Gasteiger charge is 2.17. The Morgan fingerprint density at radius 3 is 2.93 bits per heavy atom. The number of carbonyl (C=O) groups excluding carboxylic acids is 1. The van der Waals surface area contributed by atoms with Crippen LogP contribution in [-0.4, -0.2) is 5.91 Å². The van der Waals surface area contributed by atoms with Crippen LogP contribution in [0.3, 0.4) is 0 Å². The van der Waals surface area contributed by atoms with Crippen LogP contribution in [-0.2, 0) is 17.9 Å². The number of nitrogens with one attached hydrogen (secondary N) is 1. The lowest BCUT2D eigenvalue weighted by molar-refractivity contribution is -0.112. The molecule has 0 spiro atoms. The second-order valence-electron chi connectivity index (χ2n) is 3.61. The van der Waals surface area contributed by atoms with Crippen LogP contribution in [0.25, 0.3) is 5.57 Å². The molecule has 3 heteroatoms. The number of fused-ring (bicyclic) bond motifs is 1. The average Bonchev–Trinajstić information content (AvgIpc) is 2.66. The first-order valence-corrected chi connectivity index (χ1v) is 5.02. The SMILES string of the molecule is CC=C(C(N)=O)c1cccc2c1CNC2. The van der Waals surface area contributed by atoms with Gasteiger partial charge in [0.25, 0.3) is 0 Å². The molecule has 3 N–H and O–H groups in total. The Balaban J connectivity index is 2.54. The van der Waals surface area contributed by atoms with Crippen LogP contribution >= 0.6 is 0 Å². The average molecular weight is 202 g/mol. The molecule has 0 aromatic heterocycles. The first kappa shape index (κ1) is 9.93. The van der Waals surface area contributed by atoms with E-state index in [-0.39, 0.29) is 5.91 Å². The van der Waals surface area contributed by atoms with Gasteiger partial charge in [0, 0.05) is 18.7 Å². The van der Waals surface area contributed by atoms with E-state index >= 15 is 0 Å². The third kappa shape index (κ3) is 1.66. The molecule has 0 radical (unpaired) electrons. The van der Waals surface area contributed by atoms with Crippen LogP contribution in [0.15, 0.2) is 24.3 Å². The van der Waals surface area contributed by atoms with E-state index in [9.17, 15) is 4.79 Å². The quantitative estimate of drug-likeness (QED) is 0.707. The zero-order valence-corrected chi connectivity index (χ0v) is 8.71. The highest BCUT2D eigenvalue weighted by Crippen LogP contribution is 2.25. The molecule has 0 bridgehead atoms. The van der Waals surface area contributed by atoms with E-state index in [1.807, 2.05) is 19.1 Å². The summed E-state index contributed by atoms with van der Waals surface area (Å²) in [5.41, 5.74) is 9.37. The third-order valence-corrected chi connectivity index (χ3v) is 2.73. The fraction of sp³-hybridized carbons (Fsp3) is 0.250. The number of primary amides is 1. The van der Waals surface area contributed by atoms with Gasteiger partial charge in [-0.2, -0.15) is 0 Å². The first-order chi connectivity index (χ1) is 7.24. The zero-order valence-electron chi connectivity index (χ0n) is 8.71. The molecule has 0 atom stereocenters. The van der Waals surface area contributed by atoms with Crippen LogP contribution in [0.4, 0.5) is 0 Å². The summed E-state index contributed by atoms with van der Waals surface area (Å²) in [6.07, 6.45) is 1.77. The van der Waals surface area contributed by atoms with Gasteiger partial charge in [-0.25, -0.2) is 0 Å². The van der Waals surface area contributed by atoms with Gasteiger partial charge in [-0.15, -0.1) is 0 Å². The number of nitrogens with two attached hydrogens (primary N) is 1. The summed E-state index contributed by atoms with van der Waals surface area (Å²) < 4.78 is 0. The summed E-state index contributed by atoms with van der Waals surface area (Å²) in [7, 11) is 0. The van der Waals surface area contributed by atoms with Crippen molar-refractivity contribution in [3.8, 4) is 0 Å². The summed E-state index contributed by atoms with van der Waals surface area (Å²) in [5.74, 6) is -0.363. The Hall–Kier alpha value is -1.61. The maximum atomic E-state index is 11.3. The van der Waals surface area contributed by atoms with Gasteiger partial charge >= 0.3 is 0 Å². The van der Waals surface area contributed by atoms with Crippen molar-refractivity contribution in [2.75, 3.05) is 0 Å². The molecule has 1 aromatic rings. The fourth-order valence-electron chi connectivity index (χ4n) is 2.01. The number of hydrogen-bond donors (Lipinski definition) is 2. The van der Waals surface area contributed by atoms with Gasteiger partial charge in [0.2, 0.25) is 5.91 Å². The van der Waals surface area contributed by atoms with Crippen LogP contribution in [0.2, 0.25) is 0 Å². The maximum absolute atomic E-state index is 11.3. The van der Waals surface area contributed by atoms with Gasteiger partial charge in [0.1, 0.15) is 0 Å². The molecule has 0 saturated carbocycles. The Kier molecular flexibility index (Phi) is 2.56. The molecule has 15 heavy (non-hydrogen) atoms. The number of amides is 1. The van der Waals surface area contributed by atoms with E-state index in [4.69, 9.17) is 5.73 Å². The van der Waals surface area contributed by atoms with Gasteiger partial charge in [-0.05, 0) is 23.6 Å². The van der Waals surface area contributed by atoms with Crippen molar-refractivity contribution < 1.29 is 4.79 Å². The number of carbonyl (C=O) groups is 1. The molecule has 78 valence electrons. The van der Waals surface area contributed by atoms with Crippen LogP contribution in [0.1, 0.15) is 23.6 Å². The molecule has 2 rings (SSSR count). The van der Waals surface area contributed by atoms with Crippen molar-refractivity contribution in [1.82, 2.24) is 5.32 Å². The summed E-state index contributed by atoms with van der Waals surface area (Å²) in [6.45, 7) is 3.52. The lowest BCUT2D eigenvalue weighted by Crippen LogP contribution is -2.14. The van der Waals surface area contributed by atoms with E-state index < -0.39 is 0 Å². The van der Waals surface area contributed by atoms with E-state index in [0.717, 1.165) is 18.7 Å². The molecule has 0 fully saturated rings. The summed E-state index contributed by atoms with van der Waals surface area (Å²) in [5, 5.41) is 3.27. The number of hydrogen-bond acceptors (Lipinski definition) is 2. The topological polar surface area (TPSA) is 55.1 Å². The smallest absolute Gasteiger partial charge is 0.248 e. The monoisotopic (exact) mass is 202 g/mol. The maximum Gasteiger partial charge on any atom is 0.248 e. The van der Waals surface area contributed by atoms with E-state index in [1.54, 1.807) is 6.08 Å². The Bertz CT molecular complexity index is 435. The van der Waals surface area contributed by atoms with Gasteiger partial charge in [-0.1, -0.05) is 24.3 Å². The van der Waals surface area contributed by atoms with Crippen molar-refractivity contribution in [3.63, 3.8) is 0 Å². The molecular weight excluding hydrogens is 188 g/mol. The van der Waals surface area contributed by atoms with Gasteiger partial charge in [-0.3, -0.25) is 4.79 Å². The number of rotatable bonds is 2. The lowest BCUT2D eigenvalue weighted by atomic mass is 9.96. The van der Waals surface area contributed by atoms with Gasteiger partial charge < -0.3 is 11.1 Å². The Morgan fingerprint density at radius 1 is 1.47 bits per heavy atom. The van der Waals surface area contributed by atoms with Crippen molar-refractivity contribution in [3.05, 3.63) is 41.0 Å². The first-order valence-electron chi connectivity index (χ1n) is 5.02. The van der Waals surface area contributed by atoms with Gasteiger partial charge in [0.05, 0.1) is 0 Å². The second-order valence-corrected chi connectivity index (χ2v) is 3.61. The molecule has 3 nitrogen and oxygen atoms in total. The van der Waals surface area contributed by atoms with Crippen molar-refractivity contribution in [2.45, 2.75) is 20.0 Å². The molecule has 1 heterocycles. The van der Waals surface area contributed by atoms with E-state index in [1.165, 1.54) is 11.1 Å². The van der Waals surface area contributed by atoms with Gasteiger partial charge in [0.15, 0.2) is 0 Å². The number of allylic oxidation sites excluding steroid dienone is 1. The molecule has 1 aliphatic rings. The minimum atomic E-state index is -0.363. The number of benzene rings is 1. The highest BCUT2D eigenvalue weighted by molar-refractivity contribution is 6.19. The zero-order chi connectivity index (χ0) is 10.8. The summed E-state index contributed by atoms with van der Waals surface area (Å²) in [6, 6.07) is 5.99. The molecule has 1 aromatic carbocycles. The minimum absolute atomic E-state index is 0.363. The van der Waals surface area contributed by atoms with E-state index in [2.05, 4.69) is 11.4 Å². The fourth-order valence-corrected chi connectivity index (χ4v) is 2.01. The predicted octanol–water partition coefficient (Wildman–Crippen LogP) is 1.18. The second kappa shape index (κ2) is 3.87. The predicted molar refractivity (Wildman–Crippen MR) is 59.8 cm³/mol. The summed E-state index contributed by atoms with van der Waals surface area (Å²) >= 11 is 0. The van der Waals surface area contributed by atoms with Crippen molar-refractivity contribution in [1.29, 1.82) is 0 Å². The van der Waals surface area contributed by atoms with Crippen LogP contribution in [0.5, 0.6) is 0 Å². The van der Waals surface area contributed by atoms with Crippen molar-refractivity contribution in [2.24, 2.45) is 5.73 Å². The van der Waals surface area contributed by atoms with Crippen molar-refractivity contribution >= 4 is 11.5 Å². The Labute approximate surface area is 89.0 Å². The van der Waals surface area contributed by atoms with Crippen LogP contribution < -0.4 is 11.1 Å². The minimum Gasteiger partial charge on any atom is -0.366 e. The van der Waals surface area contributed by atoms with E-state index in [0.29, 0.717) is 5.57 Å². The highest BCUT2D eigenvalue weighted by atomic mass is 16.1. The normalized spacial score (nSPS) is 15.1.